The predicted octanol–water partition coefficient (Wildman–Crippen LogP) is 0.636. The Morgan fingerprint density at radius 3 is 3.08 bits per heavy atom. The number of H-pyrrole nitrogens is 1. The fraction of sp³-hybridized carbons (Fsp3) is 0.667. The highest BCUT2D eigenvalue weighted by Crippen LogP contribution is 2.39. The zero-order chi connectivity index (χ0) is 8.73. The molecule has 70 valence electrons. The number of aromatic amines is 1. The molecule has 2 saturated heterocycles. The number of hydrogen-bond acceptors (Lipinski definition) is 3. The highest BCUT2D eigenvalue weighted by molar-refractivity contribution is 5.42. The number of nitrogens with zero attached hydrogens (tertiary/aromatic N) is 2. The molecule has 0 aromatic carbocycles. The Hall–Kier alpha value is -1.03. The minimum atomic E-state index is 0.463. The second-order valence-electron chi connectivity index (χ2n) is 4.10. The molecule has 1 N–H and O–H groups in total. The van der Waals surface area contributed by atoms with Crippen molar-refractivity contribution in [1.82, 2.24) is 10.2 Å². The summed E-state index contributed by atoms with van der Waals surface area (Å²) in [7, 11) is 0. The van der Waals surface area contributed by atoms with Crippen LogP contribution in [0.4, 0.5) is 5.82 Å². The molecule has 2 aliphatic heterocycles. The van der Waals surface area contributed by atoms with E-state index in [1.807, 2.05) is 6.07 Å². The monoisotopic (exact) mass is 179 g/mol. The molecule has 0 aliphatic carbocycles. The smallest absolute Gasteiger partial charge is 0.123 e. The quantitative estimate of drug-likeness (QED) is 0.687. The maximum absolute atomic E-state index is 5.42. The highest BCUT2D eigenvalue weighted by Gasteiger charge is 2.46. The molecular formula is C9H13N3O. The van der Waals surface area contributed by atoms with Crippen LogP contribution < -0.4 is 4.90 Å². The zero-order valence-corrected chi connectivity index (χ0v) is 7.49. The van der Waals surface area contributed by atoms with Gasteiger partial charge >= 0.3 is 0 Å². The molecule has 13 heavy (non-hydrogen) atoms. The normalized spacial score (nSPS) is 25.1. The van der Waals surface area contributed by atoms with Crippen LogP contribution in [-0.4, -0.2) is 36.5 Å². The first-order valence-corrected chi connectivity index (χ1v) is 4.70. The van der Waals surface area contributed by atoms with Crippen molar-refractivity contribution < 1.29 is 4.74 Å². The first-order valence-electron chi connectivity index (χ1n) is 4.70. The average Bonchev–Trinajstić information content (AvgIpc) is 2.72. The lowest BCUT2D eigenvalue weighted by atomic mass is 9.79. The molecule has 3 heterocycles. The summed E-state index contributed by atoms with van der Waals surface area (Å²) in [5.74, 6) is 1.14. The van der Waals surface area contributed by atoms with E-state index in [9.17, 15) is 0 Å². The number of anilines is 1. The maximum Gasteiger partial charge on any atom is 0.123 e. The van der Waals surface area contributed by atoms with Crippen LogP contribution in [0.25, 0.3) is 0 Å². The minimum absolute atomic E-state index is 0.463. The third-order valence-electron chi connectivity index (χ3n) is 3.06. The van der Waals surface area contributed by atoms with Gasteiger partial charge in [0.1, 0.15) is 5.82 Å². The Bertz CT molecular complexity index is 282. The van der Waals surface area contributed by atoms with Gasteiger partial charge < -0.3 is 9.64 Å². The van der Waals surface area contributed by atoms with Gasteiger partial charge in [0.15, 0.2) is 0 Å². The second-order valence-corrected chi connectivity index (χ2v) is 4.10. The van der Waals surface area contributed by atoms with E-state index in [1.165, 1.54) is 6.42 Å². The van der Waals surface area contributed by atoms with Gasteiger partial charge in [-0.25, -0.2) is 0 Å². The lowest BCUT2D eigenvalue weighted by Crippen LogP contribution is -2.57. The third-order valence-corrected chi connectivity index (χ3v) is 3.06. The topological polar surface area (TPSA) is 41.1 Å². The van der Waals surface area contributed by atoms with Gasteiger partial charge in [-0.2, -0.15) is 5.10 Å². The van der Waals surface area contributed by atoms with E-state index in [2.05, 4.69) is 15.1 Å². The predicted molar refractivity (Wildman–Crippen MR) is 48.7 cm³/mol. The molecule has 0 unspecified atom stereocenters. The van der Waals surface area contributed by atoms with Crippen molar-refractivity contribution in [1.29, 1.82) is 0 Å². The SMILES string of the molecule is c1cc(N2CC3(CCOC3)C2)[nH]n1. The fourth-order valence-corrected chi connectivity index (χ4v) is 2.26. The van der Waals surface area contributed by atoms with Crippen molar-refractivity contribution >= 4 is 5.82 Å². The van der Waals surface area contributed by atoms with Crippen LogP contribution in [0.5, 0.6) is 0 Å². The number of aromatic nitrogens is 2. The molecule has 1 aromatic heterocycles. The molecule has 0 radical (unpaired) electrons. The Morgan fingerprint density at radius 2 is 2.46 bits per heavy atom. The van der Waals surface area contributed by atoms with E-state index in [0.29, 0.717) is 5.41 Å². The van der Waals surface area contributed by atoms with Gasteiger partial charge in [-0.05, 0) is 6.42 Å². The van der Waals surface area contributed by atoms with Gasteiger partial charge in [0.05, 0.1) is 12.8 Å². The van der Waals surface area contributed by atoms with Crippen LogP contribution in [0.3, 0.4) is 0 Å². The standard InChI is InChI=1S/C9H13N3O/c1-3-10-11-8(1)12-5-9(6-12)2-4-13-7-9/h1,3H,2,4-7H2,(H,10,11). The Balaban J connectivity index is 1.68. The van der Waals surface area contributed by atoms with Gasteiger partial charge in [0.2, 0.25) is 0 Å². The second kappa shape index (κ2) is 2.48. The largest absolute Gasteiger partial charge is 0.381 e. The Labute approximate surface area is 76.9 Å². The van der Waals surface area contributed by atoms with E-state index in [1.54, 1.807) is 6.20 Å². The zero-order valence-electron chi connectivity index (χ0n) is 7.49. The van der Waals surface area contributed by atoms with E-state index in [4.69, 9.17) is 4.74 Å². The van der Waals surface area contributed by atoms with E-state index in [-0.39, 0.29) is 0 Å². The molecule has 1 aromatic rings. The van der Waals surface area contributed by atoms with Gasteiger partial charge in [-0.15, -0.1) is 0 Å². The molecule has 3 rings (SSSR count). The summed E-state index contributed by atoms with van der Waals surface area (Å²) in [6.07, 6.45) is 3.02. The summed E-state index contributed by atoms with van der Waals surface area (Å²) in [5.41, 5.74) is 0.463. The van der Waals surface area contributed by atoms with Crippen molar-refractivity contribution in [3.63, 3.8) is 0 Å². The molecule has 4 heteroatoms. The van der Waals surface area contributed by atoms with Crippen molar-refractivity contribution in [3.05, 3.63) is 12.3 Å². The van der Waals surface area contributed by atoms with Crippen LogP contribution in [0.2, 0.25) is 0 Å². The third kappa shape index (κ3) is 1.05. The lowest BCUT2D eigenvalue weighted by Gasteiger charge is -2.47. The molecule has 2 aliphatic rings. The van der Waals surface area contributed by atoms with Crippen LogP contribution in [0.15, 0.2) is 12.3 Å². The van der Waals surface area contributed by atoms with Crippen molar-refractivity contribution in [2.45, 2.75) is 6.42 Å². The van der Waals surface area contributed by atoms with E-state index < -0.39 is 0 Å². The van der Waals surface area contributed by atoms with Crippen molar-refractivity contribution in [2.75, 3.05) is 31.2 Å². The van der Waals surface area contributed by atoms with Crippen LogP contribution in [-0.2, 0) is 4.74 Å². The summed E-state index contributed by atoms with van der Waals surface area (Å²) in [6.45, 7) is 4.12. The average molecular weight is 179 g/mol. The lowest BCUT2D eigenvalue weighted by molar-refractivity contribution is 0.131. The number of hydrogen-bond donors (Lipinski definition) is 1. The first-order chi connectivity index (χ1) is 6.38. The summed E-state index contributed by atoms with van der Waals surface area (Å²) >= 11 is 0. The first kappa shape index (κ1) is 7.38. The van der Waals surface area contributed by atoms with Crippen molar-refractivity contribution in [2.24, 2.45) is 5.41 Å². The molecule has 0 bridgehead atoms. The summed E-state index contributed by atoms with van der Waals surface area (Å²) in [4.78, 5) is 2.32. The summed E-state index contributed by atoms with van der Waals surface area (Å²) < 4.78 is 5.42. The molecule has 0 atom stereocenters. The van der Waals surface area contributed by atoms with Gasteiger partial charge in [0, 0.05) is 31.2 Å². The number of ether oxygens (including phenoxy) is 1. The molecule has 4 nitrogen and oxygen atoms in total. The molecule has 0 saturated carbocycles. The number of nitrogens with one attached hydrogen (secondary N) is 1. The van der Waals surface area contributed by atoms with E-state index >= 15 is 0 Å². The Kier molecular flexibility index (Phi) is 1.41. The molecule has 2 fully saturated rings. The van der Waals surface area contributed by atoms with Crippen LogP contribution in [0.1, 0.15) is 6.42 Å². The fourth-order valence-electron chi connectivity index (χ4n) is 2.26. The van der Waals surface area contributed by atoms with Crippen LogP contribution >= 0.6 is 0 Å². The molecule has 0 amide bonds. The minimum Gasteiger partial charge on any atom is -0.381 e. The summed E-state index contributed by atoms with van der Waals surface area (Å²) in [5, 5.41) is 6.92. The van der Waals surface area contributed by atoms with Gasteiger partial charge in [0.25, 0.3) is 0 Å². The van der Waals surface area contributed by atoms with Gasteiger partial charge in [-0.1, -0.05) is 0 Å². The van der Waals surface area contributed by atoms with Crippen molar-refractivity contribution in [3.8, 4) is 0 Å². The van der Waals surface area contributed by atoms with Gasteiger partial charge in [-0.3, -0.25) is 5.10 Å². The summed E-state index contributed by atoms with van der Waals surface area (Å²) in [6, 6.07) is 2.02. The van der Waals surface area contributed by atoms with E-state index in [0.717, 1.165) is 32.1 Å². The van der Waals surface area contributed by atoms with Crippen LogP contribution in [0, 0.1) is 5.41 Å². The molecule has 1 spiro atoms. The molecular weight excluding hydrogens is 166 g/mol. The highest BCUT2D eigenvalue weighted by atomic mass is 16.5. The maximum atomic E-state index is 5.42. The Morgan fingerprint density at radius 1 is 1.54 bits per heavy atom. The number of rotatable bonds is 1.